The molecule has 0 aliphatic heterocycles. The van der Waals surface area contributed by atoms with E-state index in [4.69, 9.17) is 9.15 Å². The third kappa shape index (κ3) is 5.60. The monoisotopic (exact) mass is 387 g/mol. The minimum Gasteiger partial charge on any atom is -0.497 e. The van der Waals surface area contributed by atoms with Gasteiger partial charge >= 0.3 is 0 Å². The highest BCUT2D eigenvalue weighted by molar-refractivity contribution is 8.00. The average molecular weight is 388 g/mol. The summed E-state index contributed by atoms with van der Waals surface area (Å²) in [6, 6.07) is 7.39. The largest absolute Gasteiger partial charge is 0.497 e. The fourth-order valence-corrected chi connectivity index (χ4v) is 3.64. The Labute approximate surface area is 163 Å². The smallest absolute Gasteiger partial charge is 0.277 e. The Balaban J connectivity index is 1.48. The third-order valence-corrected chi connectivity index (χ3v) is 5.45. The number of nitrogens with one attached hydrogen (secondary N) is 1. The van der Waals surface area contributed by atoms with Gasteiger partial charge in [-0.3, -0.25) is 4.79 Å². The summed E-state index contributed by atoms with van der Waals surface area (Å²) < 4.78 is 10.8. The van der Waals surface area contributed by atoms with Crippen LogP contribution in [-0.2, 0) is 4.79 Å². The van der Waals surface area contributed by atoms with Crippen LogP contribution in [0.4, 0.5) is 0 Å². The summed E-state index contributed by atoms with van der Waals surface area (Å²) >= 11 is 1.27. The summed E-state index contributed by atoms with van der Waals surface area (Å²) in [5, 5.41) is 11.2. The van der Waals surface area contributed by atoms with Crippen LogP contribution in [0, 0.1) is 0 Å². The molecule has 1 aromatic heterocycles. The zero-order valence-corrected chi connectivity index (χ0v) is 16.6. The Hall–Kier alpha value is -2.28. The number of nitrogens with zero attached hydrogens (tertiary/aromatic N) is 2. The van der Waals surface area contributed by atoms with E-state index in [1.165, 1.54) is 36.6 Å². The van der Waals surface area contributed by atoms with E-state index in [0.29, 0.717) is 17.7 Å². The summed E-state index contributed by atoms with van der Waals surface area (Å²) in [5.41, 5.74) is 2.27. The molecule has 3 rings (SSSR count). The molecule has 0 saturated heterocycles. The van der Waals surface area contributed by atoms with Crippen LogP contribution < -0.4 is 10.1 Å². The molecule has 6 nitrogen and oxygen atoms in total. The summed E-state index contributed by atoms with van der Waals surface area (Å²) in [6.07, 6.45) is 8.13. The van der Waals surface area contributed by atoms with Gasteiger partial charge in [0, 0.05) is 12.1 Å². The molecule has 0 radical (unpaired) electrons. The molecule has 27 heavy (non-hydrogen) atoms. The van der Waals surface area contributed by atoms with Gasteiger partial charge in [-0.25, -0.2) is 0 Å². The molecule has 0 spiro atoms. The van der Waals surface area contributed by atoms with Crippen molar-refractivity contribution < 1.29 is 13.9 Å². The molecule has 0 fully saturated rings. The minimum absolute atomic E-state index is 0.0133. The summed E-state index contributed by atoms with van der Waals surface area (Å²) in [4.78, 5) is 12.3. The van der Waals surface area contributed by atoms with Crippen LogP contribution in [0.25, 0.3) is 11.5 Å². The van der Waals surface area contributed by atoms with Gasteiger partial charge < -0.3 is 14.5 Å². The number of ether oxygens (including phenoxy) is 1. The first kappa shape index (κ1) is 19.5. The van der Waals surface area contributed by atoms with Gasteiger partial charge in [0.15, 0.2) is 0 Å². The lowest BCUT2D eigenvalue weighted by atomic mass is 9.97. The van der Waals surface area contributed by atoms with E-state index in [2.05, 4.69) is 21.6 Å². The predicted molar refractivity (Wildman–Crippen MR) is 106 cm³/mol. The van der Waals surface area contributed by atoms with Crippen LogP contribution in [0.15, 0.2) is 45.6 Å². The fraction of sp³-hybridized carbons (Fsp3) is 0.450. The summed E-state index contributed by atoms with van der Waals surface area (Å²) in [5.74, 6) is 1.18. The summed E-state index contributed by atoms with van der Waals surface area (Å²) in [6.45, 7) is 2.52. The second kappa shape index (κ2) is 9.60. The molecule has 144 valence electrons. The van der Waals surface area contributed by atoms with E-state index in [-0.39, 0.29) is 11.2 Å². The van der Waals surface area contributed by atoms with Crippen molar-refractivity contribution >= 4 is 17.7 Å². The molecule has 7 heteroatoms. The molecule has 2 aromatic rings. The van der Waals surface area contributed by atoms with E-state index >= 15 is 0 Å². The second-order valence-electron chi connectivity index (χ2n) is 6.51. The number of amides is 1. The Morgan fingerprint density at radius 3 is 2.81 bits per heavy atom. The SMILES string of the molecule is COc1ccc(-c2nnc(S[C@@H](C)C(=O)NCCC3=CCCCC3)o2)cc1. The van der Waals surface area contributed by atoms with Crippen LogP contribution in [0.2, 0.25) is 0 Å². The molecular formula is C20H25N3O3S. The highest BCUT2D eigenvalue weighted by atomic mass is 32.2. The topological polar surface area (TPSA) is 77.2 Å². The van der Waals surface area contributed by atoms with Crippen LogP contribution in [0.5, 0.6) is 5.75 Å². The van der Waals surface area contributed by atoms with Gasteiger partial charge in [0.25, 0.3) is 5.22 Å². The molecule has 1 atom stereocenters. The lowest BCUT2D eigenvalue weighted by Gasteiger charge is -2.14. The molecule has 0 bridgehead atoms. The van der Waals surface area contributed by atoms with Gasteiger partial charge in [-0.1, -0.05) is 23.4 Å². The molecule has 1 N–H and O–H groups in total. The van der Waals surface area contributed by atoms with Crippen molar-refractivity contribution in [2.45, 2.75) is 49.5 Å². The van der Waals surface area contributed by atoms with Gasteiger partial charge in [-0.05, 0) is 63.3 Å². The van der Waals surface area contributed by atoms with E-state index in [9.17, 15) is 4.79 Å². The van der Waals surface area contributed by atoms with E-state index in [0.717, 1.165) is 24.2 Å². The number of allylic oxidation sites excluding steroid dienone is 1. The van der Waals surface area contributed by atoms with Gasteiger partial charge in [0.1, 0.15) is 5.75 Å². The zero-order valence-electron chi connectivity index (χ0n) is 15.7. The lowest BCUT2D eigenvalue weighted by molar-refractivity contribution is -0.120. The van der Waals surface area contributed by atoms with E-state index in [1.54, 1.807) is 7.11 Å². The van der Waals surface area contributed by atoms with Crippen molar-refractivity contribution in [1.29, 1.82) is 0 Å². The Morgan fingerprint density at radius 1 is 1.30 bits per heavy atom. The maximum atomic E-state index is 12.3. The third-order valence-electron chi connectivity index (χ3n) is 4.52. The average Bonchev–Trinajstić information content (AvgIpc) is 3.17. The minimum atomic E-state index is -0.297. The highest BCUT2D eigenvalue weighted by Crippen LogP contribution is 2.27. The van der Waals surface area contributed by atoms with Crippen molar-refractivity contribution in [3.8, 4) is 17.2 Å². The highest BCUT2D eigenvalue weighted by Gasteiger charge is 2.18. The van der Waals surface area contributed by atoms with Gasteiger partial charge in [0.2, 0.25) is 11.8 Å². The Kier molecular flexibility index (Phi) is 6.92. The van der Waals surface area contributed by atoms with Crippen LogP contribution in [0.3, 0.4) is 0 Å². The fourth-order valence-electron chi connectivity index (χ4n) is 2.93. The molecule has 1 heterocycles. The van der Waals surface area contributed by atoms with Gasteiger partial charge in [-0.2, -0.15) is 0 Å². The Morgan fingerprint density at radius 2 is 2.11 bits per heavy atom. The zero-order chi connectivity index (χ0) is 19.1. The first-order valence-corrected chi connectivity index (χ1v) is 10.1. The standard InChI is InChI=1S/C20H25N3O3S/c1-14(18(24)21-13-12-15-6-4-3-5-7-15)27-20-23-22-19(26-20)16-8-10-17(25-2)11-9-16/h6,8-11,14H,3-5,7,12-13H2,1-2H3,(H,21,24)/t14-/m0/s1. The maximum Gasteiger partial charge on any atom is 0.277 e. The molecular weight excluding hydrogens is 362 g/mol. The van der Waals surface area contributed by atoms with Crippen molar-refractivity contribution in [2.75, 3.05) is 13.7 Å². The molecule has 1 aromatic carbocycles. The maximum absolute atomic E-state index is 12.3. The van der Waals surface area contributed by atoms with Gasteiger partial charge in [-0.15, -0.1) is 10.2 Å². The van der Waals surface area contributed by atoms with Crippen molar-refractivity contribution in [1.82, 2.24) is 15.5 Å². The summed E-state index contributed by atoms with van der Waals surface area (Å²) in [7, 11) is 1.62. The molecule has 1 aliphatic rings. The number of carbonyl (C=O) groups is 1. The van der Waals surface area contributed by atoms with Crippen LogP contribution in [-0.4, -0.2) is 35.0 Å². The lowest BCUT2D eigenvalue weighted by Crippen LogP contribution is -2.31. The first-order chi connectivity index (χ1) is 13.2. The van der Waals surface area contributed by atoms with E-state index < -0.39 is 0 Å². The van der Waals surface area contributed by atoms with Crippen molar-refractivity contribution in [3.63, 3.8) is 0 Å². The number of methoxy groups -OCH3 is 1. The molecule has 1 aliphatic carbocycles. The quantitative estimate of drug-likeness (QED) is 0.539. The Bertz CT molecular complexity index is 786. The number of benzene rings is 1. The van der Waals surface area contributed by atoms with Crippen molar-refractivity contribution in [2.24, 2.45) is 0 Å². The number of hydrogen-bond donors (Lipinski definition) is 1. The number of hydrogen-bond acceptors (Lipinski definition) is 6. The number of rotatable bonds is 8. The van der Waals surface area contributed by atoms with Crippen LogP contribution in [0.1, 0.15) is 39.0 Å². The molecule has 0 saturated carbocycles. The van der Waals surface area contributed by atoms with Crippen molar-refractivity contribution in [3.05, 3.63) is 35.9 Å². The number of carbonyl (C=O) groups excluding carboxylic acids is 1. The van der Waals surface area contributed by atoms with Crippen LogP contribution >= 0.6 is 11.8 Å². The number of thioether (sulfide) groups is 1. The molecule has 1 amide bonds. The normalized spacial score (nSPS) is 15.1. The predicted octanol–water partition coefficient (Wildman–Crippen LogP) is 4.23. The van der Waals surface area contributed by atoms with Gasteiger partial charge in [0.05, 0.1) is 12.4 Å². The second-order valence-corrected chi connectivity index (χ2v) is 7.80. The number of aromatic nitrogens is 2. The molecule has 0 unspecified atom stereocenters. The van der Waals surface area contributed by atoms with E-state index in [1.807, 2.05) is 31.2 Å². The first-order valence-electron chi connectivity index (χ1n) is 9.26.